The van der Waals surface area contributed by atoms with Gasteiger partial charge in [0.15, 0.2) is 0 Å². The van der Waals surface area contributed by atoms with E-state index >= 15 is 0 Å². The molecular formula is C19H28ClN2O+. The van der Waals surface area contributed by atoms with Crippen molar-refractivity contribution >= 4 is 17.5 Å². The van der Waals surface area contributed by atoms with Crippen molar-refractivity contribution < 1.29 is 9.69 Å². The largest absolute Gasteiger partial charge is 0.349 e. The molecule has 2 unspecified atom stereocenters. The fourth-order valence-electron chi connectivity index (χ4n) is 4.44. The summed E-state index contributed by atoms with van der Waals surface area (Å²) in [6, 6.07) is 9.02. The van der Waals surface area contributed by atoms with Crippen LogP contribution in [0.5, 0.6) is 0 Å². The molecule has 126 valence electrons. The predicted molar refractivity (Wildman–Crippen MR) is 94.1 cm³/mol. The van der Waals surface area contributed by atoms with Crippen molar-refractivity contribution in [3.05, 3.63) is 34.9 Å². The maximum atomic E-state index is 12.5. The summed E-state index contributed by atoms with van der Waals surface area (Å²) < 4.78 is 0. The summed E-state index contributed by atoms with van der Waals surface area (Å²) in [5, 5.41) is 3.88. The first-order valence-corrected chi connectivity index (χ1v) is 9.47. The van der Waals surface area contributed by atoms with Crippen LogP contribution in [0.4, 0.5) is 0 Å². The van der Waals surface area contributed by atoms with Gasteiger partial charge in [-0.1, -0.05) is 31.0 Å². The molecule has 0 spiro atoms. The van der Waals surface area contributed by atoms with Gasteiger partial charge in [0.05, 0.1) is 18.6 Å². The van der Waals surface area contributed by atoms with Gasteiger partial charge in [-0.15, -0.1) is 0 Å². The minimum Gasteiger partial charge on any atom is -0.349 e. The highest BCUT2D eigenvalue weighted by atomic mass is 35.5. The quantitative estimate of drug-likeness (QED) is 0.852. The number of benzene rings is 1. The minimum atomic E-state index is 0.0209. The van der Waals surface area contributed by atoms with E-state index in [1.54, 1.807) is 12.1 Å². The molecular weight excluding hydrogens is 308 g/mol. The molecule has 2 saturated heterocycles. The van der Waals surface area contributed by atoms with Crippen LogP contribution in [-0.4, -0.2) is 30.6 Å². The van der Waals surface area contributed by atoms with Gasteiger partial charge in [0.25, 0.3) is 5.91 Å². The average Bonchev–Trinajstić information content (AvgIpc) is 2.52. The number of piperidine rings is 2. The topological polar surface area (TPSA) is 33.5 Å². The molecule has 23 heavy (non-hydrogen) atoms. The predicted octanol–water partition coefficient (Wildman–Crippen LogP) is 2.84. The number of hydrogen-bond donors (Lipinski definition) is 2. The highest BCUT2D eigenvalue weighted by Gasteiger charge is 2.41. The SMILES string of the molecule is CCCC[NH+]1[C@@H]2CCC[C@H]1CC(NC(=O)c1cccc(Cl)c1)C2. The molecule has 0 aliphatic carbocycles. The Morgan fingerprint density at radius 1 is 1.30 bits per heavy atom. The van der Waals surface area contributed by atoms with Gasteiger partial charge in [-0.05, 0) is 43.9 Å². The molecule has 0 aromatic heterocycles. The van der Waals surface area contributed by atoms with E-state index in [1.165, 1.54) is 38.6 Å². The lowest BCUT2D eigenvalue weighted by molar-refractivity contribution is -0.961. The molecule has 2 fully saturated rings. The summed E-state index contributed by atoms with van der Waals surface area (Å²) in [6.07, 6.45) is 8.85. The van der Waals surface area contributed by atoms with Crippen LogP contribution in [0.25, 0.3) is 0 Å². The molecule has 2 heterocycles. The Morgan fingerprint density at radius 2 is 2.04 bits per heavy atom. The summed E-state index contributed by atoms with van der Waals surface area (Å²) in [6.45, 7) is 3.58. The Kier molecular flexibility index (Phi) is 5.60. The van der Waals surface area contributed by atoms with Crippen molar-refractivity contribution in [3.63, 3.8) is 0 Å². The van der Waals surface area contributed by atoms with Gasteiger partial charge >= 0.3 is 0 Å². The van der Waals surface area contributed by atoms with Gasteiger partial charge in [-0.25, -0.2) is 0 Å². The van der Waals surface area contributed by atoms with Crippen LogP contribution in [0, 0.1) is 0 Å². The van der Waals surface area contributed by atoms with Crippen LogP contribution in [0.1, 0.15) is 62.2 Å². The molecule has 4 heteroatoms. The highest BCUT2D eigenvalue weighted by Crippen LogP contribution is 2.23. The fraction of sp³-hybridized carbons (Fsp3) is 0.632. The monoisotopic (exact) mass is 335 g/mol. The maximum absolute atomic E-state index is 12.5. The van der Waals surface area contributed by atoms with Gasteiger partial charge in [-0.3, -0.25) is 4.79 Å². The Bertz CT molecular complexity index is 534. The van der Waals surface area contributed by atoms with Crippen LogP contribution < -0.4 is 10.2 Å². The third-order valence-electron chi connectivity index (χ3n) is 5.53. The van der Waals surface area contributed by atoms with Crippen LogP contribution in [0.15, 0.2) is 24.3 Å². The second-order valence-corrected chi connectivity index (χ2v) is 7.59. The van der Waals surface area contributed by atoms with E-state index < -0.39 is 0 Å². The number of amides is 1. The minimum absolute atomic E-state index is 0.0209. The van der Waals surface area contributed by atoms with Crippen molar-refractivity contribution in [1.29, 1.82) is 0 Å². The number of quaternary nitrogens is 1. The molecule has 2 N–H and O–H groups in total. The molecule has 0 saturated carbocycles. The number of carbonyl (C=O) groups is 1. The summed E-state index contributed by atoms with van der Waals surface area (Å²) >= 11 is 5.99. The lowest BCUT2D eigenvalue weighted by atomic mass is 9.81. The number of hydrogen-bond acceptors (Lipinski definition) is 1. The Hall–Kier alpha value is -1.06. The van der Waals surface area contributed by atoms with Crippen molar-refractivity contribution in [3.8, 4) is 0 Å². The second kappa shape index (κ2) is 7.67. The number of halogens is 1. The number of fused-ring (bicyclic) bond motifs is 2. The summed E-state index contributed by atoms with van der Waals surface area (Å²) in [7, 11) is 0. The molecule has 1 aromatic rings. The van der Waals surface area contributed by atoms with Crippen LogP contribution in [0.2, 0.25) is 5.02 Å². The standard InChI is InChI=1S/C19H27ClN2O/c1-2-3-10-22-17-8-5-9-18(22)13-16(12-17)21-19(23)14-6-4-7-15(20)11-14/h4,6-7,11,16-18H,2-3,5,8-10,12-13H2,1H3,(H,21,23)/p+1/t16?,17-,18+. The normalized spacial score (nSPS) is 30.0. The van der Waals surface area contributed by atoms with Crippen LogP contribution in [0.3, 0.4) is 0 Å². The number of unbranched alkanes of at least 4 members (excludes halogenated alkanes) is 1. The van der Waals surface area contributed by atoms with Gasteiger partial charge in [0.1, 0.15) is 0 Å². The first-order chi connectivity index (χ1) is 11.2. The van der Waals surface area contributed by atoms with E-state index in [4.69, 9.17) is 11.6 Å². The zero-order chi connectivity index (χ0) is 16.2. The average molecular weight is 336 g/mol. The van der Waals surface area contributed by atoms with Gasteiger partial charge in [0, 0.05) is 29.5 Å². The molecule has 2 bridgehead atoms. The third kappa shape index (κ3) is 4.07. The Labute approximate surface area is 144 Å². The first kappa shape index (κ1) is 16.8. The Morgan fingerprint density at radius 3 is 2.70 bits per heavy atom. The molecule has 0 radical (unpaired) electrons. The van der Waals surface area contributed by atoms with Crippen LogP contribution >= 0.6 is 11.6 Å². The number of rotatable bonds is 5. The van der Waals surface area contributed by atoms with Gasteiger partial charge < -0.3 is 10.2 Å². The molecule has 3 rings (SSSR count). The van der Waals surface area contributed by atoms with E-state index in [0.717, 1.165) is 24.9 Å². The fourth-order valence-corrected chi connectivity index (χ4v) is 4.63. The van der Waals surface area contributed by atoms with Crippen molar-refractivity contribution in [2.45, 2.75) is 70.0 Å². The maximum Gasteiger partial charge on any atom is 0.251 e. The molecule has 2 aliphatic heterocycles. The van der Waals surface area contributed by atoms with Crippen molar-refractivity contribution in [2.75, 3.05) is 6.54 Å². The second-order valence-electron chi connectivity index (χ2n) is 7.16. The van der Waals surface area contributed by atoms with E-state index in [0.29, 0.717) is 16.6 Å². The van der Waals surface area contributed by atoms with Gasteiger partial charge in [-0.2, -0.15) is 0 Å². The van der Waals surface area contributed by atoms with Crippen molar-refractivity contribution in [1.82, 2.24) is 5.32 Å². The van der Waals surface area contributed by atoms with E-state index in [2.05, 4.69) is 12.2 Å². The van der Waals surface area contributed by atoms with E-state index in [1.807, 2.05) is 17.0 Å². The van der Waals surface area contributed by atoms with E-state index in [-0.39, 0.29) is 5.91 Å². The zero-order valence-electron chi connectivity index (χ0n) is 14.0. The summed E-state index contributed by atoms with van der Waals surface area (Å²) in [4.78, 5) is 14.3. The summed E-state index contributed by atoms with van der Waals surface area (Å²) in [5.41, 5.74) is 0.670. The smallest absolute Gasteiger partial charge is 0.251 e. The summed E-state index contributed by atoms with van der Waals surface area (Å²) in [5.74, 6) is 0.0209. The van der Waals surface area contributed by atoms with Crippen LogP contribution in [-0.2, 0) is 0 Å². The highest BCUT2D eigenvalue weighted by molar-refractivity contribution is 6.30. The zero-order valence-corrected chi connectivity index (χ0v) is 14.7. The Balaban J connectivity index is 1.61. The molecule has 1 aromatic carbocycles. The molecule has 1 amide bonds. The lowest BCUT2D eigenvalue weighted by Gasteiger charge is -2.46. The van der Waals surface area contributed by atoms with Crippen molar-refractivity contribution in [2.24, 2.45) is 0 Å². The molecule has 3 nitrogen and oxygen atoms in total. The molecule has 2 aliphatic rings. The number of carbonyl (C=O) groups excluding carboxylic acids is 1. The van der Waals surface area contributed by atoms with Gasteiger partial charge in [0.2, 0.25) is 0 Å². The lowest BCUT2D eigenvalue weighted by Crippen LogP contribution is -3.21. The van der Waals surface area contributed by atoms with E-state index in [9.17, 15) is 4.79 Å². The third-order valence-corrected chi connectivity index (χ3v) is 5.77. The first-order valence-electron chi connectivity index (χ1n) is 9.09. The molecule has 4 atom stereocenters. The number of nitrogens with one attached hydrogen (secondary N) is 2.